The van der Waals surface area contributed by atoms with Crippen molar-refractivity contribution in [3.63, 3.8) is 0 Å². The van der Waals surface area contributed by atoms with Gasteiger partial charge in [0.25, 0.3) is 0 Å². The first-order valence-electron chi connectivity index (χ1n) is 4.48. The molecule has 0 saturated carbocycles. The second-order valence-electron chi connectivity index (χ2n) is 2.74. The van der Waals surface area contributed by atoms with Crippen LogP contribution in [-0.2, 0) is 4.74 Å². The fourth-order valence-electron chi connectivity index (χ4n) is 1.16. The molecular formula is C11H11NO2S. The van der Waals surface area contributed by atoms with Crippen molar-refractivity contribution in [3.05, 3.63) is 29.3 Å². The summed E-state index contributed by atoms with van der Waals surface area (Å²) in [5, 5.41) is 8.89. The Morgan fingerprint density at radius 3 is 2.87 bits per heavy atom. The third kappa shape index (κ3) is 2.74. The highest BCUT2D eigenvalue weighted by Crippen LogP contribution is 2.21. The number of carbonyl (C=O) groups is 1. The molecule has 0 bridgehead atoms. The number of hydrogen-bond donors (Lipinski definition) is 0. The summed E-state index contributed by atoms with van der Waals surface area (Å²) in [5.41, 5.74) is 0.681. The molecule has 15 heavy (non-hydrogen) atoms. The minimum Gasteiger partial charge on any atom is -0.465 e. The number of hydrogen-bond acceptors (Lipinski definition) is 4. The van der Waals surface area contributed by atoms with Gasteiger partial charge >= 0.3 is 5.97 Å². The predicted octanol–water partition coefficient (Wildman–Crippen LogP) is 2.46. The van der Waals surface area contributed by atoms with E-state index in [1.54, 1.807) is 23.9 Å². The quantitative estimate of drug-likeness (QED) is 0.581. The van der Waals surface area contributed by atoms with Crippen molar-refractivity contribution in [3.8, 4) is 6.07 Å². The van der Waals surface area contributed by atoms with Crippen LogP contribution in [0, 0.1) is 11.3 Å². The summed E-state index contributed by atoms with van der Waals surface area (Å²) in [5.74, 6) is 0.460. The molecule has 0 amide bonds. The van der Waals surface area contributed by atoms with Gasteiger partial charge in [-0.15, -0.1) is 11.8 Å². The molecule has 0 aliphatic heterocycles. The number of thioether (sulfide) groups is 1. The standard InChI is InChI=1S/C11H11NO2S/c1-3-15-9-4-5-10(11(13)14-2)8(6-9)7-12/h4-6H,3H2,1-2H3. The van der Waals surface area contributed by atoms with Gasteiger partial charge in [-0.3, -0.25) is 0 Å². The Labute approximate surface area is 93.0 Å². The Kier molecular flexibility index (Phi) is 4.19. The molecule has 1 rings (SSSR count). The van der Waals surface area contributed by atoms with Crippen molar-refractivity contribution in [1.29, 1.82) is 5.26 Å². The number of carbonyl (C=O) groups excluding carboxylic acids is 1. The zero-order valence-electron chi connectivity index (χ0n) is 8.61. The van der Waals surface area contributed by atoms with Crippen molar-refractivity contribution in [2.24, 2.45) is 0 Å². The van der Waals surface area contributed by atoms with E-state index in [0.29, 0.717) is 11.1 Å². The van der Waals surface area contributed by atoms with E-state index in [9.17, 15) is 4.79 Å². The number of nitriles is 1. The van der Waals surface area contributed by atoms with Gasteiger partial charge in [-0.05, 0) is 24.0 Å². The van der Waals surface area contributed by atoms with Crippen molar-refractivity contribution < 1.29 is 9.53 Å². The Hall–Kier alpha value is -1.47. The lowest BCUT2D eigenvalue weighted by molar-refractivity contribution is 0.0600. The molecule has 0 heterocycles. The summed E-state index contributed by atoms with van der Waals surface area (Å²) in [6.45, 7) is 2.03. The lowest BCUT2D eigenvalue weighted by atomic mass is 10.1. The van der Waals surface area contributed by atoms with Crippen molar-refractivity contribution in [1.82, 2.24) is 0 Å². The minimum atomic E-state index is -0.473. The van der Waals surface area contributed by atoms with Crippen LogP contribution in [0.15, 0.2) is 23.1 Å². The van der Waals surface area contributed by atoms with E-state index >= 15 is 0 Å². The topological polar surface area (TPSA) is 50.1 Å². The third-order valence-electron chi connectivity index (χ3n) is 1.83. The SMILES string of the molecule is CCSc1ccc(C(=O)OC)c(C#N)c1. The maximum absolute atomic E-state index is 11.3. The van der Waals surface area contributed by atoms with Crippen LogP contribution < -0.4 is 0 Å². The first-order chi connectivity index (χ1) is 7.22. The number of methoxy groups -OCH3 is 1. The van der Waals surface area contributed by atoms with E-state index in [-0.39, 0.29) is 0 Å². The molecule has 0 fully saturated rings. The highest BCUT2D eigenvalue weighted by atomic mass is 32.2. The second kappa shape index (κ2) is 5.42. The Balaban J connectivity index is 3.10. The van der Waals surface area contributed by atoms with Crippen molar-refractivity contribution in [2.45, 2.75) is 11.8 Å². The van der Waals surface area contributed by atoms with Crippen LogP contribution in [0.3, 0.4) is 0 Å². The number of ether oxygens (including phenoxy) is 1. The molecule has 4 heteroatoms. The smallest absolute Gasteiger partial charge is 0.339 e. The summed E-state index contributed by atoms with van der Waals surface area (Å²) in [4.78, 5) is 12.3. The first kappa shape index (κ1) is 11.6. The van der Waals surface area contributed by atoms with Crippen LogP contribution in [0.25, 0.3) is 0 Å². The van der Waals surface area contributed by atoms with Crippen molar-refractivity contribution in [2.75, 3.05) is 12.9 Å². The van der Waals surface area contributed by atoms with E-state index in [1.165, 1.54) is 7.11 Å². The molecule has 0 radical (unpaired) electrons. The fourth-order valence-corrected chi connectivity index (χ4v) is 1.86. The van der Waals surface area contributed by atoms with Crippen LogP contribution in [0.4, 0.5) is 0 Å². The maximum Gasteiger partial charge on any atom is 0.339 e. The summed E-state index contributed by atoms with van der Waals surface area (Å²) >= 11 is 1.63. The van der Waals surface area contributed by atoms with E-state index < -0.39 is 5.97 Å². The zero-order chi connectivity index (χ0) is 11.3. The van der Waals surface area contributed by atoms with Gasteiger partial charge in [-0.2, -0.15) is 5.26 Å². The average Bonchev–Trinajstić information content (AvgIpc) is 2.28. The number of benzene rings is 1. The molecule has 0 N–H and O–H groups in total. The average molecular weight is 221 g/mol. The highest BCUT2D eigenvalue weighted by Gasteiger charge is 2.11. The van der Waals surface area contributed by atoms with Gasteiger partial charge in [0.2, 0.25) is 0 Å². The normalized spacial score (nSPS) is 9.40. The number of esters is 1. The Bertz CT molecular complexity index is 410. The summed E-state index contributed by atoms with van der Waals surface area (Å²) < 4.78 is 4.58. The van der Waals surface area contributed by atoms with Crippen LogP contribution in [0.5, 0.6) is 0 Å². The molecule has 0 saturated heterocycles. The van der Waals surface area contributed by atoms with Gasteiger partial charge in [0, 0.05) is 4.90 Å². The summed E-state index contributed by atoms with van der Waals surface area (Å²) in [6.07, 6.45) is 0. The van der Waals surface area contributed by atoms with Crippen LogP contribution in [0.1, 0.15) is 22.8 Å². The number of nitrogens with zero attached hydrogens (tertiary/aromatic N) is 1. The Morgan fingerprint density at radius 2 is 2.33 bits per heavy atom. The summed E-state index contributed by atoms with van der Waals surface area (Å²) in [7, 11) is 1.30. The minimum absolute atomic E-state index is 0.320. The monoisotopic (exact) mass is 221 g/mol. The maximum atomic E-state index is 11.3. The van der Waals surface area contributed by atoms with Gasteiger partial charge < -0.3 is 4.74 Å². The molecule has 1 aromatic rings. The van der Waals surface area contributed by atoms with Gasteiger partial charge in [0.05, 0.1) is 18.2 Å². The molecule has 1 aromatic carbocycles. The van der Waals surface area contributed by atoms with Gasteiger partial charge in [0.1, 0.15) is 6.07 Å². The largest absolute Gasteiger partial charge is 0.465 e. The van der Waals surface area contributed by atoms with E-state index in [1.807, 2.05) is 19.1 Å². The van der Waals surface area contributed by atoms with E-state index in [0.717, 1.165) is 10.6 Å². The van der Waals surface area contributed by atoms with Gasteiger partial charge in [-0.1, -0.05) is 6.92 Å². The third-order valence-corrected chi connectivity index (χ3v) is 2.70. The van der Waals surface area contributed by atoms with Crippen molar-refractivity contribution >= 4 is 17.7 Å². The Morgan fingerprint density at radius 1 is 1.60 bits per heavy atom. The fraction of sp³-hybridized carbons (Fsp3) is 0.273. The lowest BCUT2D eigenvalue weighted by Crippen LogP contribution is -2.03. The van der Waals surface area contributed by atoms with E-state index in [2.05, 4.69) is 4.74 Å². The van der Waals surface area contributed by atoms with Gasteiger partial charge in [-0.25, -0.2) is 4.79 Å². The second-order valence-corrected chi connectivity index (χ2v) is 4.08. The first-order valence-corrected chi connectivity index (χ1v) is 5.46. The number of rotatable bonds is 3. The highest BCUT2D eigenvalue weighted by molar-refractivity contribution is 7.99. The summed E-state index contributed by atoms with van der Waals surface area (Å²) in [6, 6.07) is 7.15. The van der Waals surface area contributed by atoms with Gasteiger partial charge in [0.15, 0.2) is 0 Å². The molecule has 0 aliphatic rings. The van der Waals surface area contributed by atoms with E-state index in [4.69, 9.17) is 5.26 Å². The molecule has 0 unspecified atom stereocenters. The molecule has 0 atom stereocenters. The molecule has 0 aromatic heterocycles. The molecule has 0 aliphatic carbocycles. The molecule has 78 valence electrons. The molecular weight excluding hydrogens is 210 g/mol. The molecule has 0 spiro atoms. The predicted molar refractivity (Wildman–Crippen MR) is 58.9 cm³/mol. The molecule has 3 nitrogen and oxygen atoms in total. The van der Waals surface area contributed by atoms with Crippen LogP contribution in [-0.4, -0.2) is 18.8 Å². The lowest BCUT2D eigenvalue weighted by Gasteiger charge is -2.04. The van der Waals surface area contributed by atoms with Crippen LogP contribution in [0.2, 0.25) is 0 Å². The van der Waals surface area contributed by atoms with Crippen LogP contribution >= 0.6 is 11.8 Å². The zero-order valence-corrected chi connectivity index (χ0v) is 9.43.